The van der Waals surface area contributed by atoms with Crippen LogP contribution in [0.1, 0.15) is 114 Å². The number of fused-ring (bicyclic) bond motifs is 1. The van der Waals surface area contributed by atoms with E-state index in [1.807, 2.05) is 71.7 Å². The summed E-state index contributed by atoms with van der Waals surface area (Å²) in [5.41, 5.74) is 2.08. The van der Waals surface area contributed by atoms with Gasteiger partial charge in [0.2, 0.25) is 5.13 Å². The van der Waals surface area contributed by atoms with Crippen LogP contribution in [0.2, 0.25) is 0 Å². The Labute approximate surface area is 522 Å². The summed E-state index contributed by atoms with van der Waals surface area (Å²) in [4.78, 5) is 82.8. The molecule has 17 nitrogen and oxygen atoms in total. The molecule has 0 amide bonds. The van der Waals surface area contributed by atoms with Gasteiger partial charge in [-0.15, -0.1) is 11.8 Å². The highest BCUT2D eigenvalue weighted by Crippen LogP contribution is 2.36. The van der Waals surface area contributed by atoms with Gasteiger partial charge >= 0.3 is 35.8 Å². The van der Waals surface area contributed by atoms with Gasteiger partial charge in [-0.2, -0.15) is 5.10 Å². The third-order valence-corrected chi connectivity index (χ3v) is 17.2. The molecule has 88 heavy (non-hydrogen) atoms. The SMILES string of the molecule is C=CC(=O)OCCCCCCOc1ccc(COC(=O)[C@H]2CC[C@H](C(=O)Oc3ccc(OC(=O)[C@H]4CC[C@H](C(=O)Oc5ccc(OCCCCCCOC(=O)C=C)cc5)CC4)cc3/C=N/N(CCSc3ccccc3)c3nc4ccccc4s3)CC2)cc1. The second-order valence-corrected chi connectivity index (χ2v) is 23.7. The predicted octanol–water partition coefficient (Wildman–Crippen LogP) is 14.0. The van der Waals surface area contributed by atoms with Gasteiger partial charge in [0.15, 0.2) is 0 Å². The Balaban J connectivity index is 0.839. The Bertz CT molecular complexity index is 3230. The number of carbonyl (C=O) groups is 6. The summed E-state index contributed by atoms with van der Waals surface area (Å²) in [6, 6.07) is 37.2. The van der Waals surface area contributed by atoms with Gasteiger partial charge in [0.05, 0.1) is 73.1 Å². The van der Waals surface area contributed by atoms with Crippen molar-refractivity contribution >= 4 is 80.5 Å². The van der Waals surface area contributed by atoms with E-state index < -0.39 is 35.7 Å². The van der Waals surface area contributed by atoms with Gasteiger partial charge in [-0.25, -0.2) is 19.6 Å². The number of para-hydroxylation sites is 1. The van der Waals surface area contributed by atoms with Crippen LogP contribution in [-0.4, -0.2) is 85.7 Å². The fourth-order valence-corrected chi connectivity index (χ4v) is 11.9. The number of hydrazone groups is 1. The molecule has 8 rings (SSSR count). The number of hydrogen-bond acceptors (Lipinski definition) is 19. The van der Waals surface area contributed by atoms with Crippen molar-refractivity contribution < 1.29 is 66.7 Å². The van der Waals surface area contributed by atoms with E-state index in [9.17, 15) is 28.8 Å². The number of hydrogen-bond donors (Lipinski definition) is 0. The summed E-state index contributed by atoms with van der Waals surface area (Å²) in [6.07, 6.45) is 14.5. The molecule has 0 radical (unpaired) electrons. The van der Waals surface area contributed by atoms with E-state index in [4.69, 9.17) is 48.0 Å². The average molecular weight is 1240 g/mol. The molecule has 0 spiro atoms. The minimum atomic E-state index is -0.468. The van der Waals surface area contributed by atoms with Crippen molar-refractivity contribution in [1.29, 1.82) is 0 Å². The average Bonchev–Trinajstić information content (AvgIpc) is 3.37. The Kier molecular flexibility index (Phi) is 26.5. The molecule has 2 saturated carbocycles. The normalized spacial score (nSPS) is 16.4. The van der Waals surface area contributed by atoms with Crippen molar-refractivity contribution in [3.8, 4) is 28.7 Å². The molecule has 0 bridgehead atoms. The molecule has 6 aromatic rings. The lowest BCUT2D eigenvalue weighted by molar-refractivity contribution is -0.153. The van der Waals surface area contributed by atoms with E-state index in [0.29, 0.717) is 112 Å². The van der Waals surface area contributed by atoms with Crippen LogP contribution in [0.5, 0.6) is 28.7 Å². The molecular weight excluding hydrogens is 1160 g/mol. The summed E-state index contributed by atoms with van der Waals surface area (Å²) in [5, 5.41) is 7.46. The first-order valence-corrected chi connectivity index (χ1v) is 32.1. The van der Waals surface area contributed by atoms with E-state index in [2.05, 4.69) is 25.3 Å². The second kappa shape index (κ2) is 35.5. The van der Waals surface area contributed by atoms with E-state index in [1.165, 1.54) is 11.3 Å². The van der Waals surface area contributed by atoms with Gasteiger partial charge in [-0.05, 0) is 187 Å². The maximum atomic E-state index is 14.0. The first kappa shape index (κ1) is 65.7. The summed E-state index contributed by atoms with van der Waals surface area (Å²) < 4.78 is 46.4. The number of carbonyl (C=O) groups excluding carboxylic acids is 6. The third-order valence-electron chi connectivity index (χ3n) is 15.1. The Morgan fingerprint density at radius 1 is 0.534 bits per heavy atom. The number of aromatic nitrogens is 1. The number of anilines is 1. The van der Waals surface area contributed by atoms with Crippen molar-refractivity contribution in [2.75, 3.05) is 43.7 Å². The van der Waals surface area contributed by atoms with E-state index in [1.54, 1.807) is 60.4 Å². The monoisotopic (exact) mass is 1240 g/mol. The van der Waals surface area contributed by atoms with Crippen LogP contribution in [0.25, 0.3) is 10.2 Å². The largest absolute Gasteiger partial charge is 0.494 e. The number of ether oxygens (including phenoxy) is 8. The molecule has 0 saturated heterocycles. The molecule has 1 heterocycles. The minimum Gasteiger partial charge on any atom is -0.494 e. The standard InChI is InChI=1S/C69H77N3O14S2/c1-3-63(73)81-43-16-7-5-14-41-79-55-32-22-49(23-33-55)48-83-65(75)50-24-26-53(27-25-50)68(78)86-61-39-38-58(46-54(61)47-70-72(40-45-87-59-18-10-9-11-19-59)69-71-60-20-12-13-21-62(60)88-69)85-67(77)52-30-28-51(29-31-52)66(76)84-57-36-34-56(35-37-57)80-42-15-6-8-17-44-82-64(74)4-2/h3-4,9-13,18-23,32-39,46-47,50-53H,1-2,5-8,14-17,24-31,40-45,48H2/b70-47+/t50-,51-,52-,53-. The summed E-state index contributed by atoms with van der Waals surface area (Å²) in [7, 11) is 0. The molecular formula is C69H77N3O14S2. The summed E-state index contributed by atoms with van der Waals surface area (Å²) in [5.74, 6) is -1.08. The Morgan fingerprint density at radius 3 is 1.59 bits per heavy atom. The van der Waals surface area contributed by atoms with E-state index >= 15 is 0 Å². The maximum Gasteiger partial charge on any atom is 0.330 e. The van der Waals surface area contributed by atoms with Crippen LogP contribution in [-0.2, 0) is 49.6 Å². The Hall–Kier alpha value is -8.29. The van der Waals surface area contributed by atoms with Crippen LogP contribution < -0.4 is 28.7 Å². The molecule has 0 unspecified atom stereocenters. The number of nitrogens with zero attached hydrogens (tertiary/aromatic N) is 3. The van der Waals surface area contributed by atoms with Gasteiger partial charge < -0.3 is 37.9 Å². The zero-order valence-electron chi connectivity index (χ0n) is 49.6. The van der Waals surface area contributed by atoms with Crippen molar-refractivity contribution in [2.45, 2.75) is 114 Å². The smallest absolute Gasteiger partial charge is 0.330 e. The number of benzene rings is 5. The number of thiazole rings is 1. The third kappa shape index (κ3) is 21.5. The molecule has 0 atom stereocenters. The molecule has 19 heteroatoms. The molecule has 1 aromatic heterocycles. The van der Waals surface area contributed by atoms with Gasteiger partial charge in [0.25, 0.3) is 0 Å². The lowest BCUT2D eigenvalue weighted by atomic mass is 9.82. The van der Waals surface area contributed by atoms with Crippen molar-refractivity contribution in [2.24, 2.45) is 28.8 Å². The highest BCUT2D eigenvalue weighted by atomic mass is 32.2. The molecule has 5 aromatic carbocycles. The maximum absolute atomic E-state index is 14.0. The zero-order valence-corrected chi connectivity index (χ0v) is 51.3. The Morgan fingerprint density at radius 2 is 1.02 bits per heavy atom. The van der Waals surface area contributed by atoms with Gasteiger partial charge in [0, 0.05) is 28.4 Å². The number of thioether (sulfide) groups is 1. The van der Waals surface area contributed by atoms with Crippen molar-refractivity contribution in [3.05, 3.63) is 158 Å². The fraction of sp³-hybridized carbons (Fsp3) is 0.391. The van der Waals surface area contributed by atoms with Gasteiger partial charge in [0.1, 0.15) is 35.4 Å². The highest BCUT2D eigenvalue weighted by Gasteiger charge is 2.34. The quantitative estimate of drug-likeness (QED) is 0.00538. The molecule has 2 aliphatic carbocycles. The minimum absolute atomic E-state index is 0.117. The number of rotatable bonds is 34. The van der Waals surface area contributed by atoms with E-state index in [-0.39, 0.29) is 41.9 Å². The first-order valence-electron chi connectivity index (χ1n) is 30.3. The van der Waals surface area contributed by atoms with E-state index in [0.717, 1.165) is 89.9 Å². The van der Waals surface area contributed by atoms with Crippen molar-refractivity contribution in [3.63, 3.8) is 0 Å². The zero-order chi connectivity index (χ0) is 61.7. The predicted molar refractivity (Wildman–Crippen MR) is 339 cm³/mol. The summed E-state index contributed by atoms with van der Waals surface area (Å²) >= 11 is 3.20. The molecule has 2 fully saturated rings. The van der Waals surface area contributed by atoms with Crippen LogP contribution in [0, 0.1) is 23.7 Å². The molecule has 0 aliphatic heterocycles. The van der Waals surface area contributed by atoms with Crippen LogP contribution >= 0.6 is 23.1 Å². The lowest BCUT2D eigenvalue weighted by Gasteiger charge is -2.26. The summed E-state index contributed by atoms with van der Waals surface area (Å²) in [6.45, 7) is 9.24. The van der Waals surface area contributed by atoms with Crippen LogP contribution in [0.15, 0.2) is 157 Å². The molecule has 2 aliphatic rings. The van der Waals surface area contributed by atoms with Crippen LogP contribution in [0.3, 0.4) is 0 Å². The number of unbranched alkanes of at least 4 members (excludes halogenated alkanes) is 6. The molecule has 0 N–H and O–H groups in total. The lowest BCUT2D eigenvalue weighted by Crippen LogP contribution is -2.30. The van der Waals surface area contributed by atoms with Gasteiger partial charge in [-0.3, -0.25) is 19.2 Å². The number of esters is 6. The fourth-order valence-electron chi connectivity index (χ4n) is 10.1. The van der Waals surface area contributed by atoms with Gasteiger partial charge in [-0.1, -0.05) is 67.0 Å². The first-order chi connectivity index (χ1) is 43.0. The second-order valence-electron chi connectivity index (χ2n) is 21.5. The molecule has 464 valence electrons. The van der Waals surface area contributed by atoms with Crippen molar-refractivity contribution in [1.82, 2.24) is 4.98 Å². The topological polar surface area (TPSA) is 205 Å². The highest BCUT2D eigenvalue weighted by molar-refractivity contribution is 7.99. The van der Waals surface area contributed by atoms with Crippen LogP contribution in [0.4, 0.5) is 5.13 Å².